The number of hydrogen-bond donors (Lipinski definition) is 1. The van der Waals surface area contributed by atoms with Gasteiger partial charge in [-0.2, -0.15) is 0 Å². The van der Waals surface area contributed by atoms with E-state index in [2.05, 4.69) is 16.9 Å². The van der Waals surface area contributed by atoms with Gasteiger partial charge in [-0.1, -0.05) is 50.3 Å². The van der Waals surface area contributed by atoms with E-state index >= 15 is 0 Å². The maximum absolute atomic E-state index is 13.3. The molecule has 0 bridgehead atoms. The Labute approximate surface area is 205 Å². The minimum absolute atomic E-state index is 0.00804. The number of fused-ring (bicyclic) bond motifs is 1. The summed E-state index contributed by atoms with van der Waals surface area (Å²) in [4.78, 5) is 41.7. The summed E-state index contributed by atoms with van der Waals surface area (Å²) in [6.45, 7) is 5.07. The highest BCUT2D eigenvalue weighted by molar-refractivity contribution is 7.18. The van der Waals surface area contributed by atoms with Crippen LogP contribution in [0.3, 0.4) is 0 Å². The highest BCUT2D eigenvalue weighted by Crippen LogP contribution is 2.30. The summed E-state index contributed by atoms with van der Waals surface area (Å²) in [5.41, 5.74) is 0.847. The number of nitrogens with zero attached hydrogens (tertiary/aromatic N) is 1. The zero-order valence-corrected chi connectivity index (χ0v) is 20.9. The fourth-order valence-electron chi connectivity index (χ4n) is 4.66. The quantitative estimate of drug-likeness (QED) is 0.367. The van der Waals surface area contributed by atoms with E-state index < -0.39 is 5.92 Å². The van der Waals surface area contributed by atoms with Gasteiger partial charge in [0, 0.05) is 30.3 Å². The fourth-order valence-corrected chi connectivity index (χ4v) is 5.98. The van der Waals surface area contributed by atoms with Crippen molar-refractivity contribution in [2.24, 2.45) is 11.8 Å². The zero-order valence-electron chi connectivity index (χ0n) is 19.3. The minimum Gasteiger partial charge on any atom is -0.353 e. The monoisotopic (exact) mass is 488 g/mol. The molecule has 0 aliphatic heterocycles. The number of thiazole rings is 1. The van der Waals surface area contributed by atoms with Gasteiger partial charge >= 0.3 is 0 Å². The third kappa shape index (κ3) is 8.04. The summed E-state index contributed by atoms with van der Waals surface area (Å²) in [5, 5.41) is 4.66. The molecule has 1 aromatic carbocycles. The first-order valence-electron chi connectivity index (χ1n) is 11.8. The average molecular weight is 489 g/mol. The van der Waals surface area contributed by atoms with Gasteiger partial charge in [0.15, 0.2) is 5.78 Å². The summed E-state index contributed by atoms with van der Waals surface area (Å²) >= 11 is 7.60. The van der Waals surface area contributed by atoms with E-state index in [9.17, 15) is 14.4 Å². The minimum atomic E-state index is -0.484. The number of nitrogens with one attached hydrogen (secondary N) is 1. The Morgan fingerprint density at radius 3 is 2.73 bits per heavy atom. The van der Waals surface area contributed by atoms with Crippen LogP contribution < -0.4 is 5.32 Å². The van der Waals surface area contributed by atoms with E-state index in [4.69, 9.17) is 11.6 Å². The van der Waals surface area contributed by atoms with Gasteiger partial charge in [0.25, 0.3) is 0 Å². The maximum atomic E-state index is 13.3. The van der Waals surface area contributed by atoms with Crippen LogP contribution in [0.4, 0.5) is 0 Å². The molecule has 1 aliphatic rings. The SMILES string of the molecule is C=CC(=O)CC[C@H](CC1CCCCC1)NC(=O)[C@@H](CC(C)=O)Cc1nc2ccc(Cl)cc2s1. The molecule has 2 aromatic rings. The molecule has 0 unspecified atom stereocenters. The Hall–Kier alpha value is -2.05. The van der Waals surface area contributed by atoms with E-state index in [1.807, 2.05) is 12.1 Å². The van der Waals surface area contributed by atoms with E-state index in [1.54, 1.807) is 6.07 Å². The van der Waals surface area contributed by atoms with Crippen molar-refractivity contribution >= 4 is 50.6 Å². The first-order chi connectivity index (χ1) is 15.8. The molecule has 0 spiro atoms. The highest BCUT2D eigenvalue weighted by atomic mass is 35.5. The van der Waals surface area contributed by atoms with Crippen LogP contribution in [0.2, 0.25) is 5.02 Å². The molecule has 1 fully saturated rings. The van der Waals surface area contributed by atoms with Crippen molar-refractivity contribution < 1.29 is 14.4 Å². The van der Waals surface area contributed by atoms with E-state index in [0.29, 0.717) is 30.2 Å². The van der Waals surface area contributed by atoms with Gasteiger partial charge < -0.3 is 10.1 Å². The van der Waals surface area contributed by atoms with Crippen molar-refractivity contribution in [2.75, 3.05) is 0 Å². The van der Waals surface area contributed by atoms with Crippen molar-refractivity contribution in [3.05, 3.63) is 40.9 Å². The Kier molecular flexibility index (Phi) is 9.63. The first kappa shape index (κ1) is 25.6. The van der Waals surface area contributed by atoms with Gasteiger partial charge in [0.2, 0.25) is 5.91 Å². The van der Waals surface area contributed by atoms with E-state index in [0.717, 1.165) is 21.6 Å². The molecular formula is C26H33ClN2O3S. The molecule has 1 heterocycles. The zero-order chi connectivity index (χ0) is 23.8. The van der Waals surface area contributed by atoms with Crippen LogP contribution in [0.25, 0.3) is 10.2 Å². The van der Waals surface area contributed by atoms with Gasteiger partial charge in [-0.05, 0) is 50.0 Å². The average Bonchev–Trinajstić information content (AvgIpc) is 3.18. The second-order valence-corrected chi connectivity index (χ2v) is 10.7. The molecule has 1 saturated carbocycles. The Bertz CT molecular complexity index is 997. The number of benzene rings is 1. The number of carbonyl (C=O) groups is 3. The second kappa shape index (κ2) is 12.4. The van der Waals surface area contributed by atoms with Crippen LogP contribution in [0.1, 0.15) is 69.7 Å². The summed E-state index contributed by atoms with van der Waals surface area (Å²) in [6.07, 6.45) is 9.85. The van der Waals surface area contributed by atoms with Crippen LogP contribution in [0.5, 0.6) is 0 Å². The standard InChI is InChI=1S/C26H33ClN2O3S/c1-3-22(31)11-10-21(14-18-7-5-4-6-8-18)28-26(32)19(13-17(2)30)15-25-29-23-12-9-20(27)16-24(23)33-25/h3,9,12,16,18-19,21H,1,4-8,10-11,13-15H2,2H3,(H,28,32)/t19-,21+/m0/s1. The van der Waals surface area contributed by atoms with Crippen LogP contribution in [-0.2, 0) is 20.8 Å². The molecule has 0 saturated heterocycles. The molecular weight excluding hydrogens is 456 g/mol. The lowest BCUT2D eigenvalue weighted by molar-refractivity contribution is -0.129. The Morgan fingerprint density at radius 2 is 2.03 bits per heavy atom. The molecule has 7 heteroatoms. The molecule has 1 N–H and O–H groups in total. The summed E-state index contributed by atoms with van der Waals surface area (Å²) in [7, 11) is 0. The lowest BCUT2D eigenvalue weighted by Crippen LogP contribution is -2.41. The number of allylic oxidation sites excluding steroid dienone is 1. The van der Waals surface area contributed by atoms with Gasteiger partial charge in [0.05, 0.1) is 21.1 Å². The number of carbonyl (C=O) groups excluding carboxylic acids is 3. The van der Waals surface area contributed by atoms with Gasteiger partial charge in [-0.15, -0.1) is 11.3 Å². The van der Waals surface area contributed by atoms with E-state index in [1.165, 1.54) is 56.4 Å². The van der Waals surface area contributed by atoms with Gasteiger partial charge in [0.1, 0.15) is 5.78 Å². The maximum Gasteiger partial charge on any atom is 0.224 e. The lowest BCUT2D eigenvalue weighted by Gasteiger charge is -2.28. The van der Waals surface area contributed by atoms with Crippen molar-refractivity contribution in [3.8, 4) is 0 Å². The number of halogens is 1. The van der Waals surface area contributed by atoms with Crippen LogP contribution >= 0.6 is 22.9 Å². The van der Waals surface area contributed by atoms with Crippen molar-refractivity contribution in [1.29, 1.82) is 0 Å². The third-order valence-corrected chi connectivity index (χ3v) is 7.65. The molecule has 33 heavy (non-hydrogen) atoms. The number of amides is 1. The number of aromatic nitrogens is 1. The smallest absolute Gasteiger partial charge is 0.224 e. The molecule has 1 amide bonds. The molecule has 3 rings (SSSR count). The van der Waals surface area contributed by atoms with E-state index in [-0.39, 0.29) is 29.9 Å². The number of hydrogen-bond acceptors (Lipinski definition) is 5. The number of ketones is 2. The van der Waals surface area contributed by atoms with Crippen LogP contribution in [-0.4, -0.2) is 28.5 Å². The summed E-state index contributed by atoms with van der Waals surface area (Å²) in [6, 6.07) is 5.46. The predicted molar refractivity (Wildman–Crippen MR) is 135 cm³/mol. The van der Waals surface area contributed by atoms with Gasteiger partial charge in [-0.3, -0.25) is 9.59 Å². The molecule has 0 radical (unpaired) electrons. The van der Waals surface area contributed by atoms with Crippen LogP contribution in [0.15, 0.2) is 30.9 Å². The van der Waals surface area contributed by atoms with Crippen LogP contribution in [0, 0.1) is 11.8 Å². The highest BCUT2D eigenvalue weighted by Gasteiger charge is 2.27. The fraction of sp³-hybridized carbons (Fsp3) is 0.538. The first-order valence-corrected chi connectivity index (χ1v) is 13.0. The molecule has 1 aliphatic carbocycles. The predicted octanol–water partition coefficient (Wildman–Crippen LogP) is 6.08. The van der Waals surface area contributed by atoms with Crippen molar-refractivity contribution in [1.82, 2.24) is 10.3 Å². The van der Waals surface area contributed by atoms with Gasteiger partial charge in [-0.25, -0.2) is 4.98 Å². The van der Waals surface area contributed by atoms with Crippen molar-refractivity contribution in [2.45, 2.75) is 77.2 Å². The van der Waals surface area contributed by atoms with Crippen molar-refractivity contribution in [3.63, 3.8) is 0 Å². The molecule has 178 valence electrons. The molecule has 5 nitrogen and oxygen atoms in total. The normalized spacial score (nSPS) is 16.3. The second-order valence-electron chi connectivity index (χ2n) is 9.18. The molecule has 1 aromatic heterocycles. The Morgan fingerprint density at radius 1 is 1.27 bits per heavy atom. The summed E-state index contributed by atoms with van der Waals surface area (Å²) < 4.78 is 0.970. The summed E-state index contributed by atoms with van der Waals surface area (Å²) in [5.74, 6) is -0.0729. The lowest BCUT2D eigenvalue weighted by atomic mass is 9.83. The topological polar surface area (TPSA) is 76.1 Å². The Balaban J connectivity index is 1.71. The third-order valence-electron chi connectivity index (χ3n) is 6.38. The number of Topliss-reactive ketones (excluding diaryl/α,β-unsaturated/α-hetero) is 1. The number of rotatable bonds is 12. The molecule has 2 atom stereocenters. The largest absolute Gasteiger partial charge is 0.353 e.